The first kappa shape index (κ1) is 16.5. The fourth-order valence-corrected chi connectivity index (χ4v) is 3.45. The van der Waals surface area contributed by atoms with E-state index < -0.39 is 0 Å². The van der Waals surface area contributed by atoms with Gasteiger partial charge in [0.25, 0.3) is 0 Å². The summed E-state index contributed by atoms with van der Waals surface area (Å²) < 4.78 is 0. The summed E-state index contributed by atoms with van der Waals surface area (Å²) in [5, 5.41) is 5.77. The monoisotopic (exact) mass is 329 g/mol. The maximum atomic E-state index is 12.4. The molecular weight excluding hydrogens is 306 g/mol. The van der Waals surface area contributed by atoms with Gasteiger partial charge in [0, 0.05) is 37.3 Å². The molecular formula is C18H23N3O3. The number of carbonyl (C=O) groups is 3. The average Bonchev–Trinajstić information content (AvgIpc) is 3.17. The van der Waals surface area contributed by atoms with E-state index in [0.29, 0.717) is 12.2 Å². The van der Waals surface area contributed by atoms with Crippen LogP contribution in [-0.2, 0) is 14.4 Å². The molecule has 1 saturated heterocycles. The van der Waals surface area contributed by atoms with Crippen molar-refractivity contribution < 1.29 is 14.4 Å². The second kappa shape index (κ2) is 7.03. The minimum Gasteiger partial charge on any atom is -0.353 e. The van der Waals surface area contributed by atoms with E-state index in [4.69, 9.17) is 0 Å². The molecule has 0 radical (unpaired) electrons. The van der Waals surface area contributed by atoms with Crippen molar-refractivity contribution in [2.24, 2.45) is 5.92 Å². The quantitative estimate of drug-likeness (QED) is 0.887. The zero-order chi connectivity index (χ0) is 17.1. The molecule has 2 fully saturated rings. The number of hydrogen-bond donors (Lipinski definition) is 2. The van der Waals surface area contributed by atoms with Crippen molar-refractivity contribution in [2.75, 3.05) is 16.8 Å². The average molecular weight is 329 g/mol. The van der Waals surface area contributed by atoms with Gasteiger partial charge in [-0.3, -0.25) is 14.4 Å². The van der Waals surface area contributed by atoms with Gasteiger partial charge in [0.15, 0.2) is 0 Å². The Morgan fingerprint density at radius 2 is 1.79 bits per heavy atom. The lowest BCUT2D eigenvalue weighted by molar-refractivity contribution is -0.126. The van der Waals surface area contributed by atoms with Gasteiger partial charge in [-0.25, -0.2) is 0 Å². The molecule has 6 heteroatoms. The Hall–Kier alpha value is -2.37. The van der Waals surface area contributed by atoms with Crippen LogP contribution in [0.4, 0.5) is 11.4 Å². The molecule has 2 N–H and O–H groups in total. The van der Waals surface area contributed by atoms with Crippen LogP contribution in [0.1, 0.15) is 39.0 Å². The van der Waals surface area contributed by atoms with Crippen molar-refractivity contribution in [1.29, 1.82) is 0 Å². The van der Waals surface area contributed by atoms with Crippen LogP contribution in [0, 0.1) is 5.92 Å². The fourth-order valence-electron chi connectivity index (χ4n) is 3.45. The number of nitrogens with zero attached hydrogens (tertiary/aromatic N) is 1. The lowest BCUT2D eigenvalue weighted by Gasteiger charge is -2.18. The third kappa shape index (κ3) is 3.75. The molecule has 0 bridgehead atoms. The standard InChI is InChI=1S/C18H23N3O3/c1-12(22)19-15-6-8-16(9-7-15)21-11-13(10-17(21)23)18(24)20-14-4-2-3-5-14/h6-9,13-14H,2-5,10-11H2,1H3,(H,19,22)(H,20,24). The second-order valence-corrected chi connectivity index (χ2v) is 6.62. The van der Waals surface area contributed by atoms with Crippen LogP contribution < -0.4 is 15.5 Å². The zero-order valence-corrected chi connectivity index (χ0v) is 13.9. The predicted molar refractivity (Wildman–Crippen MR) is 91.6 cm³/mol. The van der Waals surface area contributed by atoms with Crippen LogP contribution in [0.3, 0.4) is 0 Å². The summed E-state index contributed by atoms with van der Waals surface area (Å²) in [4.78, 5) is 37.3. The number of nitrogens with one attached hydrogen (secondary N) is 2. The first-order chi connectivity index (χ1) is 11.5. The smallest absolute Gasteiger partial charge is 0.227 e. The first-order valence-electron chi connectivity index (χ1n) is 8.51. The van der Waals surface area contributed by atoms with Gasteiger partial charge in [0.2, 0.25) is 17.7 Å². The van der Waals surface area contributed by atoms with E-state index in [1.165, 1.54) is 19.8 Å². The number of carbonyl (C=O) groups excluding carboxylic acids is 3. The third-order valence-electron chi connectivity index (χ3n) is 4.70. The molecule has 6 nitrogen and oxygen atoms in total. The highest BCUT2D eigenvalue weighted by molar-refractivity contribution is 6.00. The van der Waals surface area contributed by atoms with Crippen LogP contribution in [0.25, 0.3) is 0 Å². The van der Waals surface area contributed by atoms with Gasteiger partial charge >= 0.3 is 0 Å². The summed E-state index contributed by atoms with van der Waals surface area (Å²) in [7, 11) is 0. The summed E-state index contributed by atoms with van der Waals surface area (Å²) in [5.74, 6) is -0.460. The number of hydrogen-bond acceptors (Lipinski definition) is 3. The first-order valence-corrected chi connectivity index (χ1v) is 8.51. The maximum absolute atomic E-state index is 12.4. The van der Waals surface area contributed by atoms with E-state index in [9.17, 15) is 14.4 Å². The molecule has 1 atom stereocenters. The van der Waals surface area contributed by atoms with Crippen molar-refractivity contribution in [2.45, 2.75) is 45.1 Å². The van der Waals surface area contributed by atoms with E-state index in [1.807, 2.05) is 0 Å². The molecule has 1 unspecified atom stereocenters. The Kier molecular flexibility index (Phi) is 4.83. The molecule has 1 aliphatic carbocycles. The van der Waals surface area contributed by atoms with Gasteiger partial charge < -0.3 is 15.5 Å². The van der Waals surface area contributed by atoms with E-state index in [0.717, 1.165) is 18.5 Å². The van der Waals surface area contributed by atoms with Gasteiger partial charge in [-0.05, 0) is 37.1 Å². The number of benzene rings is 1. The van der Waals surface area contributed by atoms with Crippen molar-refractivity contribution in [3.05, 3.63) is 24.3 Å². The Balaban J connectivity index is 1.61. The Bertz CT molecular complexity index is 635. The summed E-state index contributed by atoms with van der Waals surface area (Å²) in [6.45, 7) is 1.86. The molecule has 1 aliphatic heterocycles. The minimum atomic E-state index is -0.284. The number of anilines is 2. The molecule has 2 aliphatic rings. The van der Waals surface area contributed by atoms with Gasteiger partial charge in [-0.2, -0.15) is 0 Å². The number of rotatable bonds is 4. The highest BCUT2D eigenvalue weighted by Gasteiger charge is 2.36. The Morgan fingerprint density at radius 3 is 2.42 bits per heavy atom. The van der Waals surface area contributed by atoms with Gasteiger partial charge in [0.05, 0.1) is 5.92 Å². The lowest BCUT2D eigenvalue weighted by Crippen LogP contribution is -2.38. The molecule has 24 heavy (non-hydrogen) atoms. The Labute approximate surface area is 141 Å². The zero-order valence-electron chi connectivity index (χ0n) is 13.9. The summed E-state index contributed by atoms with van der Waals surface area (Å²) in [6, 6.07) is 7.38. The molecule has 128 valence electrons. The SMILES string of the molecule is CC(=O)Nc1ccc(N2CC(C(=O)NC3CCCC3)CC2=O)cc1. The van der Waals surface area contributed by atoms with Crippen molar-refractivity contribution in [3.8, 4) is 0 Å². The molecule has 1 heterocycles. The van der Waals surface area contributed by atoms with Gasteiger partial charge in [-0.15, -0.1) is 0 Å². The molecule has 1 aromatic carbocycles. The van der Waals surface area contributed by atoms with Crippen LogP contribution in [0.15, 0.2) is 24.3 Å². The van der Waals surface area contributed by atoms with E-state index in [1.54, 1.807) is 29.2 Å². The predicted octanol–water partition coefficient (Wildman–Crippen LogP) is 2.06. The van der Waals surface area contributed by atoms with Crippen molar-refractivity contribution in [1.82, 2.24) is 5.32 Å². The normalized spacial score (nSPS) is 21.1. The molecule has 0 spiro atoms. The second-order valence-electron chi connectivity index (χ2n) is 6.62. The summed E-state index contributed by atoms with van der Waals surface area (Å²) in [6.07, 6.45) is 4.68. The highest BCUT2D eigenvalue weighted by atomic mass is 16.2. The van der Waals surface area contributed by atoms with Crippen LogP contribution in [-0.4, -0.2) is 30.3 Å². The molecule has 3 amide bonds. The van der Waals surface area contributed by atoms with Gasteiger partial charge in [-0.1, -0.05) is 12.8 Å². The fraction of sp³-hybridized carbons (Fsp3) is 0.500. The summed E-state index contributed by atoms with van der Waals surface area (Å²) in [5.41, 5.74) is 1.44. The van der Waals surface area contributed by atoms with E-state index >= 15 is 0 Å². The molecule has 1 saturated carbocycles. The van der Waals surface area contributed by atoms with Crippen LogP contribution >= 0.6 is 0 Å². The number of amides is 3. The van der Waals surface area contributed by atoms with Gasteiger partial charge in [0.1, 0.15) is 0 Å². The van der Waals surface area contributed by atoms with Crippen molar-refractivity contribution >= 4 is 29.1 Å². The Morgan fingerprint density at radius 1 is 1.12 bits per heavy atom. The van der Waals surface area contributed by atoms with E-state index in [2.05, 4.69) is 10.6 Å². The largest absolute Gasteiger partial charge is 0.353 e. The topological polar surface area (TPSA) is 78.5 Å². The van der Waals surface area contributed by atoms with Crippen molar-refractivity contribution in [3.63, 3.8) is 0 Å². The van der Waals surface area contributed by atoms with Crippen LogP contribution in [0.2, 0.25) is 0 Å². The lowest BCUT2D eigenvalue weighted by atomic mass is 10.1. The molecule has 3 rings (SSSR count). The summed E-state index contributed by atoms with van der Waals surface area (Å²) >= 11 is 0. The minimum absolute atomic E-state index is 0.00684. The molecule has 1 aromatic rings. The maximum Gasteiger partial charge on any atom is 0.227 e. The van der Waals surface area contributed by atoms with Crippen LogP contribution in [0.5, 0.6) is 0 Å². The molecule has 0 aromatic heterocycles. The third-order valence-corrected chi connectivity index (χ3v) is 4.70. The van der Waals surface area contributed by atoms with E-state index in [-0.39, 0.29) is 36.1 Å². The highest BCUT2D eigenvalue weighted by Crippen LogP contribution is 2.27.